The molecule has 1 aliphatic rings. The zero-order valence-electron chi connectivity index (χ0n) is 25.8. The summed E-state index contributed by atoms with van der Waals surface area (Å²) in [5, 5.41) is 10.2. The molecule has 2 aromatic carbocycles. The SMILES string of the molecule is Cc1cc(C(=O)NC2CCC(NC(=O)c3cc(F)cnc3Oc3cccc(-c4cccc(CCOS(C)(=O)=O)c4)c3)CC2)nn1C. The maximum absolute atomic E-state index is 14.3. The number of benzene rings is 2. The first-order valence-corrected chi connectivity index (χ1v) is 16.7. The highest BCUT2D eigenvalue weighted by molar-refractivity contribution is 7.85. The van der Waals surface area contributed by atoms with Crippen molar-refractivity contribution in [2.45, 2.75) is 51.1 Å². The van der Waals surface area contributed by atoms with Crippen LogP contribution in [0.15, 0.2) is 66.9 Å². The number of hydrogen-bond acceptors (Lipinski definition) is 8. The fraction of sp³-hybridized carbons (Fsp3) is 0.333. The lowest BCUT2D eigenvalue weighted by Gasteiger charge is -2.29. The van der Waals surface area contributed by atoms with Crippen LogP contribution in [0.1, 0.15) is 57.8 Å². The lowest BCUT2D eigenvalue weighted by molar-refractivity contribution is 0.0887. The van der Waals surface area contributed by atoms with Gasteiger partial charge in [-0.15, -0.1) is 0 Å². The van der Waals surface area contributed by atoms with Crippen LogP contribution >= 0.6 is 0 Å². The minimum atomic E-state index is -3.52. The third-order valence-corrected chi connectivity index (χ3v) is 8.40. The first-order chi connectivity index (χ1) is 21.9. The number of carbonyl (C=O) groups excluding carboxylic acids is 2. The highest BCUT2D eigenvalue weighted by Gasteiger charge is 2.26. The van der Waals surface area contributed by atoms with Crippen LogP contribution in [0.4, 0.5) is 4.39 Å². The Morgan fingerprint density at radius 3 is 2.26 bits per heavy atom. The lowest BCUT2D eigenvalue weighted by atomic mass is 9.91. The second kappa shape index (κ2) is 14.2. The molecule has 13 heteroatoms. The molecule has 0 atom stereocenters. The van der Waals surface area contributed by atoms with Gasteiger partial charge < -0.3 is 15.4 Å². The van der Waals surface area contributed by atoms with Crippen LogP contribution in [0.3, 0.4) is 0 Å². The van der Waals surface area contributed by atoms with Crippen molar-refractivity contribution in [2.24, 2.45) is 7.05 Å². The first-order valence-electron chi connectivity index (χ1n) is 14.9. The van der Waals surface area contributed by atoms with Crippen molar-refractivity contribution in [1.82, 2.24) is 25.4 Å². The molecule has 2 N–H and O–H groups in total. The Morgan fingerprint density at radius 1 is 0.957 bits per heavy atom. The monoisotopic (exact) mass is 649 g/mol. The van der Waals surface area contributed by atoms with Gasteiger partial charge in [0, 0.05) is 24.8 Å². The van der Waals surface area contributed by atoms with Gasteiger partial charge in [-0.3, -0.25) is 18.5 Å². The molecule has 0 bridgehead atoms. The van der Waals surface area contributed by atoms with E-state index in [1.54, 1.807) is 36.0 Å². The number of ether oxygens (including phenoxy) is 1. The Morgan fingerprint density at radius 2 is 1.61 bits per heavy atom. The van der Waals surface area contributed by atoms with Crippen molar-refractivity contribution in [3.05, 3.63) is 95.2 Å². The molecule has 0 saturated heterocycles. The van der Waals surface area contributed by atoms with E-state index in [2.05, 4.69) is 20.7 Å². The largest absolute Gasteiger partial charge is 0.438 e. The van der Waals surface area contributed by atoms with Crippen LogP contribution < -0.4 is 15.4 Å². The van der Waals surface area contributed by atoms with E-state index in [1.165, 1.54) is 0 Å². The van der Waals surface area contributed by atoms with E-state index in [0.29, 0.717) is 43.5 Å². The Hall–Kier alpha value is -4.62. The average Bonchev–Trinajstić information content (AvgIpc) is 3.36. The quantitative estimate of drug-likeness (QED) is 0.223. The predicted octanol–water partition coefficient (Wildman–Crippen LogP) is 4.71. The summed E-state index contributed by atoms with van der Waals surface area (Å²) in [6, 6.07) is 17.4. The maximum atomic E-state index is 14.3. The molecule has 0 radical (unpaired) electrons. The fourth-order valence-electron chi connectivity index (χ4n) is 5.31. The van der Waals surface area contributed by atoms with Crippen molar-refractivity contribution in [3.8, 4) is 22.8 Å². The van der Waals surface area contributed by atoms with E-state index in [4.69, 9.17) is 8.92 Å². The van der Waals surface area contributed by atoms with Crippen molar-refractivity contribution >= 4 is 21.9 Å². The number of halogens is 1. The number of nitrogens with one attached hydrogen (secondary N) is 2. The smallest absolute Gasteiger partial charge is 0.272 e. The van der Waals surface area contributed by atoms with Gasteiger partial charge in [0.05, 0.1) is 19.1 Å². The standard InChI is InChI=1S/C33H36FN5O6S/c1-21-16-30(38-39(21)2)32(41)37-27-12-10-26(11-13-27)36-31(40)29-19-25(34)20-35-33(29)45-28-9-5-8-24(18-28)23-7-4-6-22(17-23)14-15-44-46(3,42)43/h4-9,16-20,26-27H,10-15H2,1-3H3,(H,36,40)(H,37,41). The summed E-state index contributed by atoms with van der Waals surface area (Å²) in [6.07, 6.45) is 5.04. The van der Waals surface area contributed by atoms with Gasteiger partial charge in [0.2, 0.25) is 5.88 Å². The molecule has 1 fully saturated rings. The molecule has 0 spiro atoms. The van der Waals surface area contributed by atoms with Crippen LogP contribution in [-0.2, 0) is 27.8 Å². The number of aryl methyl sites for hydroxylation is 2. The van der Waals surface area contributed by atoms with Crippen LogP contribution in [0.25, 0.3) is 11.1 Å². The van der Waals surface area contributed by atoms with E-state index >= 15 is 0 Å². The molecule has 11 nitrogen and oxygen atoms in total. The molecule has 242 valence electrons. The fourth-order valence-corrected chi connectivity index (χ4v) is 5.70. The van der Waals surface area contributed by atoms with Crippen molar-refractivity contribution in [3.63, 3.8) is 0 Å². The molecule has 1 aliphatic carbocycles. The van der Waals surface area contributed by atoms with Crippen LogP contribution in [0.2, 0.25) is 0 Å². The average molecular weight is 650 g/mol. The highest BCUT2D eigenvalue weighted by Crippen LogP contribution is 2.29. The van der Waals surface area contributed by atoms with Gasteiger partial charge in [0.25, 0.3) is 21.9 Å². The molecule has 2 heterocycles. The summed E-state index contributed by atoms with van der Waals surface area (Å²) in [5.41, 5.74) is 3.82. The minimum Gasteiger partial charge on any atom is -0.438 e. The number of nitrogens with zero attached hydrogens (tertiary/aromatic N) is 3. The Labute approximate surface area is 267 Å². The van der Waals surface area contributed by atoms with E-state index in [1.807, 2.05) is 37.3 Å². The van der Waals surface area contributed by atoms with Gasteiger partial charge in [-0.25, -0.2) is 9.37 Å². The number of carbonyl (C=O) groups is 2. The maximum Gasteiger partial charge on any atom is 0.272 e. The lowest BCUT2D eigenvalue weighted by Crippen LogP contribution is -2.44. The van der Waals surface area contributed by atoms with E-state index in [9.17, 15) is 22.4 Å². The van der Waals surface area contributed by atoms with Gasteiger partial charge in [-0.05, 0) is 80.0 Å². The molecular formula is C33H36FN5O6S. The molecule has 2 aromatic heterocycles. The molecule has 5 rings (SSSR count). The van der Waals surface area contributed by atoms with Crippen molar-refractivity contribution in [2.75, 3.05) is 12.9 Å². The summed E-state index contributed by atoms with van der Waals surface area (Å²) >= 11 is 0. The predicted molar refractivity (Wildman–Crippen MR) is 170 cm³/mol. The van der Waals surface area contributed by atoms with E-state index in [-0.39, 0.29) is 36.0 Å². The topological polar surface area (TPSA) is 142 Å². The molecular weight excluding hydrogens is 613 g/mol. The van der Waals surface area contributed by atoms with Crippen LogP contribution in [0, 0.1) is 12.7 Å². The Bertz CT molecular complexity index is 1820. The van der Waals surface area contributed by atoms with Crippen LogP contribution in [0.5, 0.6) is 11.6 Å². The second-order valence-electron chi connectivity index (χ2n) is 11.4. The number of aromatic nitrogens is 3. The van der Waals surface area contributed by atoms with Gasteiger partial charge >= 0.3 is 0 Å². The summed E-state index contributed by atoms with van der Waals surface area (Å²) < 4.78 is 49.3. The number of amides is 2. The first kappa shape index (κ1) is 32.8. The second-order valence-corrected chi connectivity index (χ2v) is 13.0. The van der Waals surface area contributed by atoms with Crippen molar-refractivity contribution in [1.29, 1.82) is 0 Å². The van der Waals surface area contributed by atoms with Crippen LogP contribution in [-0.4, -0.2) is 59.9 Å². The van der Waals surface area contributed by atoms with Gasteiger partial charge in [-0.1, -0.05) is 36.4 Å². The summed E-state index contributed by atoms with van der Waals surface area (Å²) in [4.78, 5) is 30.0. The normalized spacial score (nSPS) is 16.5. The van der Waals surface area contributed by atoms with Gasteiger partial charge in [0.15, 0.2) is 0 Å². The number of hydrogen-bond donors (Lipinski definition) is 2. The summed E-state index contributed by atoms with van der Waals surface area (Å²) in [7, 11) is -1.73. The van der Waals surface area contributed by atoms with Gasteiger partial charge in [-0.2, -0.15) is 13.5 Å². The molecule has 0 unspecified atom stereocenters. The molecule has 1 saturated carbocycles. The molecule has 2 amide bonds. The molecule has 0 aliphatic heterocycles. The molecule has 4 aromatic rings. The molecule has 46 heavy (non-hydrogen) atoms. The van der Waals surface area contributed by atoms with E-state index < -0.39 is 21.8 Å². The Kier molecular flexibility index (Phi) is 10.1. The minimum absolute atomic E-state index is 0.0285. The van der Waals surface area contributed by atoms with Gasteiger partial charge in [0.1, 0.15) is 22.8 Å². The summed E-state index contributed by atoms with van der Waals surface area (Å²) in [6.45, 7) is 1.92. The zero-order chi connectivity index (χ0) is 32.8. The highest BCUT2D eigenvalue weighted by atomic mass is 32.2. The van der Waals surface area contributed by atoms with E-state index in [0.717, 1.165) is 40.9 Å². The zero-order valence-corrected chi connectivity index (χ0v) is 26.6. The Balaban J connectivity index is 1.21. The number of rotatable bonds is 11. The summed E-state index contributed by atoms with van der Waals surface area (Å²) in [5.74, 6) is -1.03. The van der Waals surface area contributed by atoms with Crippen molar-refractivity contribution < 1.29 is 31.3 Å². The third kappa shape index (κ3) is 8.76. The third-order valence-electron chi connectivity index (χ3n) is 7.80. The number of pyridine rings is 1.